The van der Waals surface area contributed by atoms with Crippen LogP contribution in [0, 0.1) is 5.92 Å². The standard InChI is InChI=1S/C11H24O/c1-4-7-10(3)8-6-9-11(12)5-2/h10-12H,4-9H2,1-3H3. The second kappa shape index (κ2) is 7.60. The van der Waals surface area contributed by atoms with Crippen molar-refractivity contribution in [3.8, 4) is 0 Å². The Labute approximate surface area is 77.2 Å². The molecule has 0 saturated heterocycles. The highest BCUT2D eigenvalue weighted by atomic mass is 16.3. The van der Waals surface area contributed by atoms with E-state index in [9.17, 15) is 5.11 Å². The molecule has 0 saturated carbocycles. The Balaban J connectivity index is 3.18. The van der Waals surface area contributed by atoms with Gasteiger partial charge in [0.1, 0.15) is 0 Å². The van der Waals surface area contributed by atoms with Crippen LogP contribution in [0.1, 0.15) is 59.3 Å². The summed E-state index contributed by atoms with van der Waals surface area (Å²) in [5.41, 5.74) is 0. The first-order chi connectivity index (χ1) is 5.70. The normalized spacial score (nSPS) is 16.0. The van der Waals surface area contributed by atoms with Crippen molar-refractivity contribution in [3.05, 3.63) is 0 Å². The lowest BCUT2D eigenvalue weighted by atomic mass is 9.98. The first-order valence-corrected chi connectivity index (χ1v) is 5.38. The van der Waals surface area contributed by atoms with Gasteiger partial charge in [-0.25, -0.2) is 0 Å². The zero-order valence-electron chi connectivity index (χ0n) is 8.84. The summed E-state index contributed by atoms with van der Waals surface area (Å²) >= 11 is 0. The van der Waals surface area contributed by atoms with Gasteiger partial charge < -0.3 is 5.11 Å². The van der Waals surface area contributed by atoms with Gasteiger partial charge in [0.25, 0.3) is 0 Å². The lowest BCUT2D eigenvalue weighted by Gasteiger charge is -2.11. The third-order valence-corrected chi connectivity index (χ3v) is 2.49. The molecule has 0 fully saturated rings. The highest BCUT2D eigenvalue weighted by Gasteiger charge is 2.03. The maximum Gasteiger partial charge on any atom is 0.0537 e. The first-order valence-electron chi connectivity index (χ1n) is 5.38. The molecule has 0 bridgehead atoms. The van der Waals surface area contributed by atoms with Gasteiger partial charge in [0, 0.05) is 0 Å². The van der Waals surface area contributed by atoms with Crippen molar-refractivity contribution in [2.75, 3.05) is 0 Å². The fourth-order valence-corrected chi connectivity index (χ4v) is 1.54. The number of aliphatic hydroxyl groups excluding tert-OH is 1. The monoisotopic (exact) mass is 172 g/mol. The van der Waals surface area contributed by atoms with Crippen LogP contribution in [0.2, 0.25) is 0 Å². The predicted octanol–water partition coefficient (Wildman–Crippen LogP) is 3.36. The molecule has 1 heteroatoms. The smallest absolute Gasteiger partial charge is 0.0537 e. The van der Waals surface area contributed by atoms with Crippen molar-refractivity contribution in [1.82, 2.24) is 0 Å². The molecule has 0 heterocycles. The molecule has 0 amide bonds. The van der Waals surface area contributed by atoms with E-state index < -0.39 is 0 Å². The van der Waals surface area contributed by atoms with Gasteiger partial charge >= 0.3 is 0 Å². The van der Waals surface area contributed by atoms with Crippen LogP contribution in [0.3, 0.4) is 0 Å². The predicted molar refractivity (Wildman–Crippen MR) is 54.2 cm³/mol. The van der Waals surface area contributed by atoms with E-state index in [4.69, 9.17) is 0 Å². The SMILES string of the molecule is CCCC(C)CCCC(O)CC. The van der Waals surface area contributed by atoms with Crippen LogP contribution in [0.15, 0.2) is 0 Å². The Morgan fingerprint density at radius 3 is 2.25 bits per heavy atom. The molecule has 12 heavy (non-hydrogen) atoms. The van der Waals surface area contributed by atoms with Crippen LogP contribution in [-0.4, -0.2) is 11.2 Å². The van der Waals surface area contributed by atoms with Crippen molar-refractivity contribution >= 4 is 0 Å². The molecular weight excluding hydrogens is 148 g/mol. The van der Waals surface area contributed by atoms with E-state index in [1.807, 2.05) is 6.92 Å². The number of aliphatic hydroxyl groups is 1. The molecule has 1 nitrogen and oxygen atoms in total. The fourth-order valence-electron chi connectivity index (χ4n) is 1.54. The van der Waals surface area contributed by atoms with Crippen LogP contribution in [0.4, 0.5) is 0 Å². The quantitative estimate of drug-likeness (QED) is 0.624. The molecule has 74 valence electrons. The summed E-state index contributed by atoms with van der Waals surface area (Å²) in [6, 6.07) is 0. The highest BCUT2D eigenvalue weighted by Crippen LogP contribution is 2.15. The molecule has 0 aliphatic rings. The molecule has 0 aromatic carbocycles. The third-order valence-electron chi connectivity index (χ3n) is 2.49. The second-order valence-electron chi connectivity index (χ2n) is 3.89. The van der Waals surface area contributed by atoms with Crippen molar-refractivity contribution in [2.24, 2.45) is 5.92 Å². The third kappa shape index (κ3) is 6.66. The van der Waals surface area contributed by atoms with Crippen LogP contribution >= 0.6 is 0 Å². The van der Waals surface area contributed by atoms with Crippen LogP contribution in [0.5, 0.6) is 0 Å². The molecule has 0 radical (unpaired) electrons. The summed E-state index contributed by atoms with van der Waals surface area (Å²) in [4.78, 5) is 0. The van der Waals surface area contributed by atoms with E-state index in [1.165, 1.54) is 25.7 Å². The Morgan fingerprint density at radius 2 is 1.75 bits per heavy atom. The minimum absolute atomic E-state index is 0.0566. The Bertz CT molecular complexity index is 91.0. The average Bonchev–Trinajstić information content (AvgIpc) is 2.04. The van der Waals surface area contributed by atoms with E-state index >= 15 is 0 Å². The van der Waals surface area contributed by atoms with Crippen molar-refractivity contribution in [2.45, 2.75) is 65.4 Å². The van der Waals surface area contributed by atoms with Gasteiger partial charge in [0.05, 0.1) is 6.10 Å². The molecule has 0 spiro atoms. The highest BCUT2D eigenvalue weighted by molar-refractivity contribution is 4.56. The first kappa shape index (κ1) is 12.0. The molecule has 1 N–H and O–H groups in total. The molecule has 0 aliphatic heterocycles. The summed E-state index contributed by atoms with van der Waals surface area (Å²) in [7, 11) is 0. The van der Waals surface area contributed by atoms with Gasteiger partial charge in [-0.05, 0) is 18.8 Å². The number of hydrogen-bond donors (Lipinski definition) is 1. The van der Waals surface area contributed by atoms with E-state index in [0.717, 1.165) is 18.8 Å². The fraction of sp³-hybridized carbons (Fsp3) is 1.00. The maximum absolute atomic E-state index is 9.30. The molecule has 0 aliphatic carbocycles. The van der Waals surface area contributed by atoms with Gasteiger partial charge in [0.15, 0.2) is 0 Å². The van der Waals surface area contributed by atoms with Crippen molar-refractivity contribution in [1.29, 1.82) is 0 Å². The second-order valence-corrected chi connectivity index (χ2v) is 3.89. The molecule has 0 rings (SSSR count). The van der Waals surface area contributed by atoms with Crippen LogP contribution < -0.4 is 0 Å². The van der Waals surface area contributed by atoms with Crippen molar-refractivity contribution in [3.63, 3.8) is 0 Å². The minimum atomic E-state index is -0.0566. The van der Waals surface area contributed by atoms with Gasteiger partial charge in [-0.1, -0.05) is 46.5 Å². The lowest BCUT2D eigenvalue weighted by Crippen LogP contribution is -2.05. The van der Waals surface area contributed by atoms with E-state index in [0.29, 0.717) is 0 Å². The van der Waals surface area contributed by atoms with Crippen molar-refractivity contribution < 1.29 is 5.11 Å². The van der Waals surface area contributed by atoms with Gasteiger partial charge in [-0.15, -0.1) is 0 Å². The summed E-state index contributed by atoms with van der Waals surface area (Å²) < 4.78 is 0. The minimum Gasteiger partial charge on any atom is -0.393 e. The summed E-state index contributed by atoms with van der Waals surface area (Å²) in [6.07, 6.45) is 6.94. The Morgan fingerprint density at radius 1 is 1.08 bits per heavy atom. The van der Waals surface area contributed by atoms with E-state index in [2.05, 4.69) is 13.8 Å². The number of rotatable bonds is 7. The lowest BCUT2D eigenvalue weighted by molar-refractivity contribution is 0.154. The zero-order chi connectivity index (χ0) is 9.40. The molecule has 2 atom stereocenters. The Kier molecular flexibility index (Phi) is 7.58. The largest absolute Gasteiger partial charge is 0.393 e. The molecule has 2 unspecified atom stereocenters. The molecule has 0 aromatic rings. The maximum atomic E-state index is 9.30. The zero-order valence-corrected chi connectivity index (χ0v) is 8.84. The Hall–Kier alpha value is -0.0400. The average molecular weight is 172 g/mol. The van der Waals surface area contributed by atoms with Gasteiger partial charge in [-0.2, -0.15) is 0 Å². The summed E-state index contributed by atoms with van der Waals surface area (Å²) in [6.45, 7) is 6.58. The summed E-state index contributed by atoms with van der Waals surface area (Å²) in [5.74, 6) is 0.846. The number of hydrogen-bond acceptors (Lipinski definition) is 1. The van der Waals surface area contributed by atoms with Gasteiger partial charge in [0.2, 0.25) is 0 Å². The van der Waals surface area contributed by atoms with E-state index in [-0.39, 0.29) is 6.10 Å². The molecule has 0 aromatic heterocycles. The van der Waals surface area contributed by atoms with Gasteiger partial charge in [-0.3, -0.25) is 0 Å². The van der Waals surface area contributed by atoms with E-state index in [1.54, 1.807) is 0 Å². The van der Waals surface area contributed by atoms with Crippen LogP contribution in [-0.2, 0) is 0 Å². The topological polar surface area (TPSA) is 20.2 Å². The van der Waals surface area contributed by atoms with Crippen LogP contribution in [0.25, 0.3) is 0 Å². The molecular formula is C11H24O. The summed E-state index contributed by atoms with van der Waals surface area (Å²) in [5, 5.41) is 9.30.